The Balaban J connectivity index is 2.19. The van der Waals surface area contributed by atoms with Crippen molar-refractivity contribution in [2.75, 3.05) is 39.8 Å². The molecule has 1 aromatic rings. The van der Waals surface area contributed by atoms with E-state index >= 15 is 0 Å². The lowest BCUT2D eigenvalue weighted by molar-refractivity contribution is 0.228. The maximum absolute atomic E-state index is 6.45. The summed E-state index contributed by atoms with van der Waals surface area (Å²) in [7, 11) is 1.73. The molecule has 1 aliphatic heterocycles. The summed E-state index contributed by atoms with van der Waals surface area (Å²) in [5, 5.41) is 3.37. The molecular weight excluding hydrogens is 250 g/mol. The third kappa shape index (κ3) is 3.14. The average molecular weight is 277 g/mol. The summed E-state index contributed by atoms with van der Waals surface area (Å²) < 4.78 is 5.48. The van der Waals surface area contributed by atoms with Crippen molar-refractivity contribution in [3.63, 3.8) is 0 Å². The molecule has 4 nitrogen and oxygen atoms in total. The predicted molar refractivity (Wildman–Crippen MR) is 83.4 cm³/mol. The Kier molecular flexibility index (Phi) is 5.02. The van der Waals surface area contributed by atoms with Gasteiger partial charge >= 0.3 is 0 Å². The van der Waals surface area contributed by atoms with E-state index in [4.69, 9.17) is 10.5 Å². The van der Waals surface area contributed by atoms with E-state index in [2.05, 4.69) is 37.1 Å². The Bertz CT molecular complexity index is 467. The first-order valence-electron chi connectivity index (χ1n) is 7.38. The van der Waals surface area contributed by atoms with E-state index in [9.17, 15) is 0 Å². The Morgan fingerprint density at radius 1 is 1.25 bits per heavy atom. The number of benzene rings is 1. The molecule has 3 N–H and O–H groups in total. The number of nitrogens with one attached hydrogen (secondary N) is 1. The first-order valence-corrected chi connectivity index (χ1v) is 7.38. The van der Waals surface area contributed by atoms with Crippen molar-refractivity contribution < 1.29 is 4.74 Å². The van der Waals surface area contributed by atoms with Crippen LogP contribution in [0.15, 0.2) is 6.07 Å². The van der Waals surface area contributed by atoms with Gasteiger partial charge in [-0.15, -0.1) is 0 Å². The van der Waals surface area contributed by atoms with Crippen LogP contribution in [0.4, 0.5) is 0 Å². The van der Waals surface area contributed by atoms with Crippen molar-refractivity contribution in [1.29, 1.82) is 0 Å². The van der Waals surface area contributed by atoms with Crippen molar-refractivity contribution in [3.05, 3.63) is 28.3 Å². The zero-order valence-corrected chi connectivity index (χ0v) is 13.1. The van der Waals surface area contributed by atoms with Crippen LogP contribution in [-0.2, 0) is 0 Å². The average Bonchev–Trinajstić information content (AvgIpc) is 2.44. The molecule has 1 fully saturated rings. The van der Waals surface area contributed by atoms with Crippen LogP contribution in [0, 0.1) is 20.8 Å². The lowest BCUT2D eigenvalue weighted by atomic mass is 9.94. The molecule has 0 spiro atoms. The van der Waals surface area contributed by atoms with Gasteiger partial charge in [0, 0.05) is 38.8 Å². The van der Waals surface area contributed by atoms with E-state index in [1.807, 2.05) is 0 Å². The minimum absolute atomic E-state index is 0.0661. The van der Waals surface area contributed by atoms with Crippen molar-refractivity contribution in [1.82, 2.24) is 10.2 Å². The minimum Gasteiger partial charge on any atom is -0.496 e. The first-order chi connectivity index (χ1) is 9.54. The monoisotopic (exact) mass is 277 g/mol. The number of piperazine rings is 1. The number of aryl methyl sites for hydroxylation is 1. The van der Waals surface area contributed by atoms with Crippen molar-refractivity contribution in [3.8, 4) is 5.75 Å². The summed E-state index contributed by atoms with van der Waals surface area (Å²) in [6.45, 7) is 11.6. The molecule has 1 unspecified atom stereocenters. The third-order valence-corrected chi connectivity index (χ3v) is 4.33. The molecule has 0 saturated carbocycles. The number of hydrogen-bond acceptors (Lipinski definition) is 4. The summed E-state index contributed by atoms with van der Waals surface area (Å²) >= 11 is 0. The van der Waals surface area contributed by atoms with Gasteiger partial charge in [-0.25, -0.2) is 0 Å². The highest BCUT2D eigenvalue weighted by Gasteiger charge is 2.19. The van der Waals surface area contributed by atoms with E-state index in [0.29, 0.717) is 0 Å². The summed E-state index contributed by atoms with van der Waals surface area (Å²) in [5.41, 5.74) is 11.3. The smallest absolute Gasteiger partial charge is 0.124 e. The highest BCUT2D eigenvalue weighted by molar-refractivity contribution is 5.50. The first kappa shape index (κ1) is 15.3. The van der Waals surface area contributed by atoms with Gasteiger partial charge in [0.2, 0.25) is 0 Å². The standard InChI is InChI=1S/C16H27N3O/c1-11-9-14(12(2)13(3)16(11)20-4)15(17)10-19-7-5-18-6-8-19/h9,15,18H,5-8,10,17H2,1-4H3. The van der Waals surface area contributed by atoms with Gasteiger partial charge in [0.15, 0.2) is 0 Å². The number of nitrogens with two attached hydrogens (primary N) is 1. The normalized spacial score (nSPS) is 18.1. The molecule has 20 heavy (non-hydrogen) atoms. The predicted octanol–water partition coefficient (Wildman–Crippen LogP) is 1.53. The van der Waals surface area contributed by atoms with Gasteiger partial charge in [-0.05, 0) is 43.0 Å². The van der Waals surface area contributed by atoms with Gasteiger partial charge in [-0.2, -0.15) is 0 Å². The molecule has 1 aliphatic rings. The van der Waals surface area contributed by atoms with Crippen LogP contribution >= 0.6 is 0 Å². The molecule has 2 rings (SSSR count). The van der Waals surface area contributed by atoms with Crippen molar-refractivity contribution in [2.24, 2.45) is 5.73 Å². The molecule has 1 atom stereocenters. The van der Waals surface area contributed by atoms with Crippen LogP contribution in [0.3, 0.4) is 0 Å². The second-order valence-electron chi connectivity index (χ2n) is 5.72. The van der Waals surface area contributed by atoms with Crippen molar-refractivity contribution >= 4 is 0 Å². The largest absolute Gasteiger partial charge is 0.496 e. The molecule has 4 heteroatoms. The molecule has 1 heterocycles. The van der Waals surface area contributed by atoms with Gasteiger partial charge in [-0.3, -0.25) is 4.90 Å². The lowest BCUT2D eigenvalue weighted by Crippen LogP contribution is -2.46. The Hall–Kier alpha value is -1.10. The molecule has 0 amide bonds. The fourth-order valence-corrected chi connectivity index (χ4v) is 3.06. The van der Waals surface area contributed by atoms with E-state index in [1.54, 1.807) is 7.11 Å². The molecule has 1 saturated heterocycles. The van der Waals surface area contributed by atoms with Gasteiger partial charge in [0.05, 0.1) is 7.11 Å². The zero-order valence-electron chi connectivity index (χ0n) is 13.1. The summed E-state index contributed by atoms with van der Waals surface area (Å²) in [6.07, 6.45) is 0. The maximum Gasteiger partial charge on any atom is 0.124 e. The van der Waals surface area contributed by atoms with E-state index in [1.165, 1.54) is 22.3 Å². The van der Waals surface area contributed by atoms with Crippen LogP contribution in [0.25, 0.3) is 0 Å². The molecule has 0 aromatic heterocycles. The van der Waals surface area contributed by atoms with Gasteiger partial charge < -0.3 is 15.8 Å². The van der Waals surface area contributed by atoms with E-state index < -0.39 is 0 Å². The summed E-state index contributed by atoms with van der Waals surface area (Å²) in [5.74, 6) is 0.987. The number of nitrogens with zero attached hydrogens (tertiary/aromatic N) is 1. The fourth-order valence-electron chi connectivity index (χ4n) is 3.06. The quantitative estimate of drug-likeness (QED) is 0.876. The van der Waals surface area contributed by atoms with Crippen LogP contribution in [0.1, 0.15) is 28.3 Å². The Morgan fingerprint density at radius 2 is 1.90 bits per heavy atom. The second-order valence-corrected chi connectivity index (χ2v) is 5.72. The molecule has 0 aliphatic carbocycles. The van der Waals surface area contributed by atoms with E-state index in [0.717, 1.165) is 38.5 Å². The number of rotatable bonds is 4. The van der Waals surface area contributed by atoms with Crippen LogP contribution < -0.4 is 15.8 Å². The highest BCUT2D eigenvalue weighted by atomic mass is 16.5. The third-order valence-electron chi connectivity index (χ3n) is 4.33. The summed E-state index contributed by atoms with van der Waals surface area (Å²) in [6, 6.07) is 2.25. The van der Waals surface area contributed by atoms with E-state index in [-0.39, 0.29) is 6.04 Å². The fraction of sp³-hybridized carbons (Fsp3) is 0.625. The highest BCUT2D eigenvalue weighted by Crippen LogP contribution is 2.31. The van der Waals surface area contributed by atoms with Crippen LogP contribution in [0.2, 0.25) is 0 Å². The molecule has 0 bridgehead atoms. The van der Waals surface area contributed by atoms with Gasteiger partial charge in [0.25, 0.3) is 0 Å². The summed E-state index contributed by atoms with van der Waals surface area (Å²) in [4.78, 5) is 2.44. The number of ether oxygens (including phenoxy) is 1. The number of hydrogen-bond donors (Lipinski definition) is 2. The SMILES string of the molecule is COc1c(C)cc(C(N)CN2CCNCC2)c(C)c1C. The Labute approximate surface area is 122 Å². The topological polar surface area (TPSA) is 50.5 Å². The minimum atomic E-state index is 0.0661. The van der Waals surface area contributed by atoms with Gasteiger partial charge in [-0.1, -0.05) is 6.07 Å². The zero-order chi connectivity index (χ0) is 14.7. The van der Waals surface area contributed by atoms with Crippen LogP contribution in [-0.4, -0.2) is 44.7 Å². The molecule has 112 valence electrons. The second kappa shape index (κ2) is 6.57. The molecule has 0 radical (unpaired) electrons. The molecular formula is C16H27N3O. The van der Waals surface area contributed by atoms with Gasteiger partial charge in [0.1, 0.15) is 5.75 Å². The number of methoxy groups -OCH3 is 1. The Morgan fingerprint density at radius 3 is 2.50 bits per heavy atom. The van der Waals surface area contributed by atoms with Crippen molar-refractivity contribution in [2.45, 2.75) is 26.8 Å². The maximum atomic E-state index is 6.45. The van der Waals surface area contributed by atoms with Crippen LogP contribution in [0.5, 0.6) is 5.75 Å². The molecule has 1 aromatic carbocycles. The lowest BCUT2D eigenvalue weighted by Gasteiger charge is -2.30.